The van der Waals surface area contributed by atoms with E-state index in [9.17, 15) is 0 Å². The molecule has 0 amide bonds. The van der Waals surface area contributed by atoms with Gasteiger partial charge in [0.25, 0.3) is 0 Å². The smallest absolute Gasteiger partial charge is 0.199 e. The van der Waals surface area contributed by atoms with Gasteiger partial charge in [-0.1, -0.05) is 37.6 Å². The van der Waals surface area contributed by atoms with E-state index in [1.165, 1.54) is 5.56 Å². The molecule has 0 unspecified atom stereocenters. The zero-order valence-electron chi connectivity index (χ0n) is 22.4. The van der Waals surface area contributed by atoms with Crippen molar-refractivity contribution in [3.63, 3.8) is 0 Å². The van der Waals surface area contributed by atoms with E-state index in [-0.39, 0.29) is 43.4 Å². The van der Waals surface area contributed by atoms with Crippen molar-refractivity contribution in [2.45, 2.75) is 13.3 Å². The molecule has 0 saturated carbocycles. The Bertz CT molecular complexity index is 962. The van der Waals surface area contributed by atoms with Gasteiger partial charge in [0.2, 0.25) is 0 Å². The Kier molecular flexibility index (Phi) is 25.1. The third kappa shape index (κ3) is 22.2. The molecular formula is C36H37Ti2-. The normalized spacial score (nSPS) is 8.24. The summed E-state index contributed by atoms with van der Waals surface area (Å²) in [6, 6.07) is 50.5. The molecule has 0 atom stereocenters. The second kappa shape index (κ2) is 25.6. The van der Waals surface area contributed by atoms with Crippen LogP contribution in [0.15, 0.2) is 146 Å². The Morgan fingerprint density at radius 1 is 0.447 bits per heavy atom. The van der Waals surface area contributed by atoms with Crippen molar-refractivity contribution in [2.75, 3.05) is 0 Å². The van der Waals surface area contributed by atoms with Crippen LogP contribution in [0.1, 0.15) is 34.7 Å². The molecule has 38 heavy (non-hydrogen) atoms. The predicted molar refractivity (Wildman–Crippen MR) is 158 cm³/mol. The number of hydrogen-bond donors (Lipinski definition) is 0. The molecule has 0 aliphatic rings. The van der Waals surface area contributed by atoms with Crippen LogP contribution in [0.5, 0.6) is 0 Å². The summed E-state index contributed by atoms with van der Waals surface area (Å²) < 4.78 is 0. The molecule has 0 aliphatic carbocycles. The summed E-state index contributed by atoms with van der Waals surface area (Å²) in [4.78, 5) is 0. The molecule has 0 aromatic heterocycles. The van der Waals surface area contributed by atoms with Gasteiger partial charge in [0.1, 0.15) is 0 Å². The van der Waals surface area contributed by atoms with E-state index in [1.807, 2.05) is 133 Å². The monoisotopic (exact) mass is 565 g/mol. The first-order valence-electron chi connectivity index (χ1n) is 11.9. The molecule has 0 N–H and O–H groups in total. The minimum Gasteiger partial charge on any atom is -0.199 e. The zero-order chi connectivity index (χ0) is 26.3. The molecule has 190 valence electrons. The Morgan fingerprint density at radius 3 is 0.816 bits per heavy atom. The molecule has 0 aliphatic heterocycles. The summed E-state index contributed by atoms with van der Waals surface area (Å²) in [5.41, 5.74) is 5.67. The van der Waals surface area contributed by atoms with E-state index >= 15 is 0 Å². The van der Waals surface area contributed by atoms with Crippen LogP contribution in [-0.4, -0.2) is 0 Å². The Hall–Kier alpha value is -2.99. The topological polar surface area (TPSA) is 0 Å². The van der Waals surface area contributed by atoms with Gasteiger partial charge in [-0.15, -0.1) is 48.5 Å². The maximum atomic E-state index is 3.72. The van der Waals surface area contributed by atoms with Crippen molar-refractivity contribution in [3.8, 4) is 0 Å². The number of hydrogen-bond acceptors (Lipinski definition) is 0. The van der Waals surface area contributed by atoms with Crippen molar-refractivity contribution in [3.05, 3.63) is 207 Å². The molecular weight excluding hydrogens is 528 g/mol. The maximum absolute atomic E-state index is 3.72. The van der Waals surface area contributed by atoms with Gasteiger partial charge in [0.15, 0.2) is 0 Å². The number of benzene rings is 5. The molecule has 5 aromatic rings. The summed E-state index contributed by atoms with van der Waals surface area (Å²) in [5.74, 6) is 0. The van der Waals surface area contributed by atoms with E-state index < -0.39 is 0 Å². The second-order valence-electron chi connectivity index (χ2n) is 7.70. The van der Waals surface area contributed by atoms with E-state index in [0.717, 1.165) is 28.7 Å². The standard InChI is InChI=1S/C8H9.4C7H7.2Ti/c1-2-8-6-4-3-5-7-8;4*1-7-5-3-2-4-6-7;;/h4-7H,2H2,1H3;4*2-6H,1H2;;/q5*-1;;+4. The van der Waals surface area contributed by atoms with Gasteiger partial charge >= 0.3 is 21.7 Å². The first-order valence-corrected chi connectivity index (χ1v) is 11.9. The van der Waals surface area contributed by atoms with Gasteiger partial charge in [0, 0.05) is 21.7 Å². The first-order chi connectivity index (χ1) is 17.5. The Labute approximate surface area is 262 Å². The molecule has 0 heterocycles. The fourth-order valence-corrected chi connectivity index (χ4v) is 2.57. The zero-order valence-corrected chi connectivity index (χ0v) is 25.5. The van der Waals surface area contributed by atoms with Crippen LogP contribution in [0.2, 0.25) is 0 Å². The van der Waals surface area contributed by atoms with Crippen LogP contribution in [-0.2, 0) is 49.9 Å². The van der Waals surface area contributed by atoms with E-state index in [2.05, 4.69) is 52.8 Å². The summed E-state index contributed by atoms with van der Waals surface area (Å²) >= 11 is 0. The van der Waals surface area contributed by atoms with Crippen LogP contribution in [0.25, 0.3) is 0 Å². The molecule has 5 rings (SSSR count). The van der Waals surface area contributed by atoms with Crippen molar-refractivity contribution < 1.29 is 43.4 Å². The van der Waals surface area contributed by atoms with E-state index in [0.29, 0.717) is 0 Å². The van der Waals surface area contributed by atoms with Crippen molar-refractivity contribution in [1.29, 1.82) is 0 Å². The van der Waals surface area contributed by atoms with Gasteiger partial charge in [0.05, 0.1) is 0 Å². The molecule has 0 fully saturated rings. The van der Waals surface area contributed by atoms with E-state index in [1.54, 1.807) is 0 Å². The fraction of sp³-hybridized carbons (Fsp3) is 0.0556. The van der Waals surface area contributed by atoms with Gasteiger partial charge in [-0.2, -0.15) is 134 Å². The van der Waals surface area contributed by atoms with Gasteiger partial charge < -0.3 is 0 Å². The molecule has 0 bridgehead atoms. The van der Waals surface area contributed by atoms with Crippen LogP contribution in [0.4, 0.5) is 0 Å². The third-order valence-electron chi connectivity index (χ3n) is 4.57. The molecule has 5 aromatic carbocycles. The summed E-state index contributed by atoms with van der Waals surface area (Å²) in [7, 11) is 0. The predicted octanol–water partition coefficient (Wildman–Crippen LogP) is 9.52. The molecule has 2 heteroatoms. The maximum Gasteiger partial charge on any atom is 4.00 e. The van der Waals surface area contributed by atoms with Crippen LogP contribution < -0.4 is 0 Å². The average molecular weight is 565 g/mol. The molecule has 0 saturated heterocycles. The van der Waals surface area contributed by atoms with Crippen molar-refractivity contribution in [1.82, 2.24) is 0 Å². The number of aryl methyl sites for hydroxylation is 1. The van der Waals surface area contributed by atoms with Gasteiger partial charge in [-0.25, -0.2) is 0 Å². The van der Waals surface area contributed by atoms with Crippen LogP contribution in [0, 0.1) is 33.8 Å². The molecule has 0 radical (unpaired) electrons. The minimum atomic E-state index is 0. The van der Waals surface area contributed by atoms with E-state index in [4.69, 9.17) is 0 Å². The second-order valence-corrected chi connectivity index (χ2v) is 7.70. The van der Waals surface area contributed by atoms with Crippen molar-refractivity contribution in [2.24, 2.45) is 0 Å². The quantitative estimate of drug-likeness (QED) is 0.140. The van der Waals surface area contributed by atoms with Crippen LogP contribution >= 0.6 is 0 Å². The molecule has 0 nitrogen and oxygen atoms in total. The minimum absolute atomic E-state index is 0. The first kappa shape index (κ1) is 37.2. The summed E-state index contributed by atoms with van der Waals surface area (Å²) in [6.45, 7) is 17.0. The summed E-state index contributed by atoms with van der Waals surface area (Å²) in [5, 5.41) is 0. The summed E-state index contributed by atoms with van der Waals surface area (Å²) in [6.07, 6.45) is 1.12. The van der Waals surface area contributed by atoms with Gasteiger partial charge in [-0.3, -0.25) is 0 Å². The fourth-order valence-electron chi connectivity index (χ4n) is 2.57. The molecule has 0 spiro atoms. The SMILES string of the molecule is CCc1cc[c-]cc1.[CH2-]c1ccccc1.[CH2-]c1ccccc1.[CH2-]c1ccccc1.[CH2-]c1ccccc1.[Ti+4].[Ti]. The largest absolute Gasteiger partial charge is 4.00 e. The van der Waals surface area contributed by atoms with Crippen molar-refractivity contribution >= 4 is 0 Å². The average Bonchev–Trinajstić information content (AvgIpc) is 2.92. The Balaban J connectivity index is 0. The Morgan fingerprint density at radius 2 is 0.684 bits per heavy atom. The third-order valence-corrected chi connectivity index (χ3v) is 4.57. The number of rotatable bonds is 1. The van der Waals surface area contributed by atoms with Gasteiger partial charge in [-0.05, 0) is 0 Å². The van der Waals surface area contributed by atoms with Crippen LogP contribution in [0.3, 0.4) is 0 Å².